The zero-order valence-corrected chi connectivity index (χ0v) is 19.2. The number of rotatable bonds is 6. The highest BCUT2D eigenvalue weighted by Crippen LogP contribution is 2.47. The Morgan fingerprint density at radius 3 is 2.61 bits per heavy atom. The molecule has 4 rings (SSSR count). The number of benzene rings is 3. The van der Waals surface area contributed by atoms with Crippen LogP contribution >= 0.6 is 15.9 Å². The number of hydrogen-bond acceptors (Lipinski definition) is 6. The van der Waals surface area contributed by atoms with Crippen molar-refractivity contribution in [1.29, 1.82) is 5.26 Å². The Hall–Kier alpha value is -3.70. The molecular weight excluding hydrogens is 491 g/mol. The summed E-state index contributed by atoms with van der Waals surface area (Å²) in [6, 6.07) is 16.5. The maximum Gasteiger partial charge on any atom is 0.205 e. The first kappa shape index (κ1) is 22.5. The summed E-state index contributed by atoms with van der Waals surface area (Å²) in [5.41, 5.74) is 8.50. The largest absolute Gasteiger partial charge is 0.508 e. The van der Waals surface area contributed by atoms with Crippen molar-refractivity contribution in [3.05, 3.63) is 93.0 Å². The lowest BCUT2D eigenvalue weighted by molar-refractivity contribution is 0.267. The summed E-state index contributed by atoms with van der Waals surface area (Å²) in [7, 11) is 0. The number of phenolic OH excluding ortho intramolecular Hbond substituents is 1. The van der Waals surface area contributed by atoms with Crippen molar-refractivity contribution in [3.8, 4) is 29.1 Å². The minimum Gasteiger partial charge on any atom is -0.508 e. The summed E-state index contributed by atoms with van der Waals surface area (Å²) in [5, 5.41) is 19.6. The molecular formula is C25H20BrFN2O4. The molecule has 0 unspecified atom stereocenters. The minimum atomic E-state index is -0.527. The Labute approximate surface area is 198 Å². The van der Waals surface area contributed by atoms with Crippen LogP contribution < -0.4 is 19.9 Å². The van der Waals surface area contributed by atoms with Crippen LogP contribution in [0.1, 0.15) is 29.5 Å². The highest BCUT2D eigenvalue weighted by atomic mass is 79.9. The van der Waals surface area contributed by atoms with Crippen LogP contribution in [0, 0.1) is 17.1 Å². The molecule has 168 valence electrons. The molecule has 3 aromatic carbocycles. The third-order valence-corrected chi connectivity index (χ3v) is 5.75. The first-order chi connectivity index (χ1) is 15.9. The smallest absolute Gasteiger partial charge is 0.205 e. The molecule has 0 saturated heterocycles. The number of phenols is 1. The second-order valence-corrected chi connectivity index (χ2v) is 8.18. The molecule has 1 atom stereocenters. The molecule has 3 N–H and O–H groups in total. The van der Waals surface area contributed by atoms with Crippen molar-refractivity contribution in [1.82, 2.24) is 0 Å². The standard InChI is InChI=1S/C25H20BrFN2O4/c1-2-31-22-10-15(9-20(26)24(22)32-13-14-3-5-16(27)6-4-14)23-18-8-7-17(30)11-21(18)33-25(29)19(23)12-28/h3-11,23,30H,2,13,29H2,1H3/t23-/m0/s1. The average Bonchev–Trinajstić information content (AvgIpc) is 2.78. The lowest BCUT2D eigenvalue weighted by Crippen LogP contribution is -2.21. The van der Waals surface area contributed by atoms with Gasteiger partial charge in [0.25, 0.3) is 0 Å². The van der Waals surface area contributed by atoms with E-state index in [9.17, 15) is 14.8 Å². The van der Waals surface area contributed by atoms with Crippen LogP contribution in [-0.2, 0) is 6.61 Å². The second kappa shape index (κ2) is 9.43. The van der Waals surface area contributed by atoms with Crippen LogP contribution in [0.25, 0.3) is 0 Å². The second-order valence-electron chi connectivity index (χ2n) is 7.33. The molecule has 0 amide bonds. The van der Waals surface area contributed by atoms with Crippen LogP contribution in [0.5, 0.6) is 23.0 Å². The Morgan fingerprint density at radius 2 is 1.91 bits per heavy atom. The summed E-state index contributed by atoms with van der Waals surface area (Å²) in [6.45, 7) is 2.47. The van der Waals surface area contributed by atoms with Gasteiger partial charge < -0.3 is 25.1 Å². The molecule has 0 aliphatic carbocycles. The van der Waals surface area contributed by atoms with Gasteiger partial charge in [-0.1, -0.05) is 18.2 Å². The summed E-state index contributed by atoms with van der Waals surface area (Å²) in [6.07, 6.45) is 0. The van der Waals surface area contributed by atoms with Gasteiger partial charge in [0.2, 0.25) is 5.88 Å². The van der Waals surface area contributed by atoms with Crippen molar-refractivity contribution in [3.63, 3.8) is 0 Å². The fourth-order valence-electron chi connectivity index (χ4n) is 3.68. The quantitative estimate of drug-likeness (QED) is 0.454. The molecule has 0 saturated carbocycles. The lowest BCUT2D eigenvalue weighted by atomic mass is 9.83. The molecule has 0 spiro atoms. The number of ether oxygens (including phenoxy) is 3. The molecule has 8 heteroatoms. The van der Waals surface area contributed by atoms with Crippen molar-refractivity contribution in [2.45, 2.75) is 19.4 Å². The molecule has 33 heavy (non-hydrogen) atoms. The van der Waals surface area contributed by atoms with E-state index >= 15 is 0 Å². The van der Waals surface area contributed by atoms with E-state index in [1.165, 1.54) is 24.3 Å². The van der Waals surface area contributed by atoms with Gasteiger partial charge in [-0.25, -0.2) is 4.39 Å². The Kier molecular flexibility index (Phi) is 6.43. The zero-order chi connectivity index (χ0) is 23.5. The third-order valence-electron chi connectivity index (χ3n) is 5.16. The Morgan fingerprint density at radius 1 is 1.15 bits per heavy atom. The number of allylic oxidation sites excluding steroid dienone is 1. The molecule has 6 nitrogen and oxygen atoms in total. The number of nitriles is 1. The van der Waals surface area contributed by atoms with E-state index in [4.69, 9.17) is 19.9 Å². The van der Waals surface area contributed by atoms with Gasteiger partial charge in [-0.2, -0.15) is 5.26 Å². The molecule has 0 fully saturated rings. The zero-order valence-electron chi connectivity index (χ0n) is 17.6. The van der Waals surface area contributed by atoms with Crippen LogP contribution in [0.15, 0.2) is 70.5 Å². The van der Waals surface area contributed by atoms with Crippen molar-refractivity contribution < 1.29 is 23.7 Å². The van der Waals surface area contributed by atoms with Crippen LogP contribution in [0.3, 0.4) is 0 Å². The van der Waals surface area contributed by atoms with E-state index in [0.29, 0.717) is 33.9 Å². The first-order valence-electron chi connectivity index (χ1n) is 10.1. The predicted molar refractivity (Wildman–Crippen MR) is 123 cm³/mol. The van der Waals surface area contributed by atoms with E-state index in [-0.39, 0.29) is 29.6 Å². The summed E-state index contributed by atoms with van der Waals surface area (Å²) >= 11 is 3.56. The molecule has 1 aliphatic heterocycles. The minimum absolute atomic E-state index is 0.0219. The number of fused-ring (bicyclic) bond motifs is 1. The molecule has 0 radical (unpaired) electrons. The maximum atomic E-state index is 13.2. The van der Waals surface area contributed by atoms with Crippen LogP contribution in [-0.4, -0.2) is 11.7 Å². The number of halogens is 2. The van der Waals surface area contributed by atoms with Gasteiger partial charge in [-0.05, 0) is 64.3 Å². The molecule has 0 aromatic heterocycles. The number of nitrogens with zero attached hydrogens (tertiary/aromatic N) is 1. The Bertz CT molecular complexity index is 1270. The van der Waals surface area contributed by atoms with E-state index < -0.39 is 5.92 Å². The topological polar surface area (TPSA) is 97.7 Å². The van der Waals surface area contributed by atoms with E-state index in [1.807, 2.05) is 13.0 Å². The van der Waals surface area contributed by atoms with E-state index in [0.717, 1.165) is 11.1 Å². The fourth-order valence-corrected chi connectivity index (χ4v) is 4.25. The van der Waals surface area contributed by atoms with Crippen LogP contribution in [0.2, 0.25) is 0 Å². The maximum absolute atomic E-state index is 13.2. The molecule has 0 bridgehead atoms. The average molecular weight is 511 g/mol. The van der Waals surface area contributed by atoms with Gasteiger partial charge >= 0.3 is 0 Å². The van der Waals surface area contributed by atoms with Gasteiger partial charge in [0.1, 0.15) is 35.6 Å². The molecule has 1 heterocycles. The third kappa shape index (κ3) is 4.59. The van der Waals surface area contributed by atoms with Gasteiger partial charge in [-0.3, -0.25) is 0 Å². The van der Waals surface area contributed by atoms with Gasteiger partial charge in [-0.15, -0.1) is 0 Å². The summed E-state index contributed by atoms with van der Waals surface area (Å²) in [5.74, 6) is 0.506. The SMILES string of the molecule is CCOc1cc([C@@H]2C(C#N)=C(N)Oc3cc(O)ccc32)cc(Br)c1OCc1ccc(F)cc1. The van der Waals surface area contributed by atoms with Crippen molar-refractivity contribution in [2.24, 2.45) is 5.73 Å². The van der Waals surface area contributed by atoms with E-state index in [1.54, 1.807) is 24.3 Å². The summed E-state index contributed by atoms with van der Waals surface area (Å²) in [4.78, 5) is 0. The molecule has 3 aromatic rings. The monoisotopic (exact) mass is 510 g/mol. The summed E-state index contributed by atoms with van der Waals surface area (Å²) < 4.78 is 31.2. The predicted octanol–water partition coefficient (Wildman–Crippen LogP) is 5.49. The lowest BCUT2D eigenvalue weighted by Gasteiger charge is -2.27. The first-order valence-corrected chi connectivity index (χ1v) is 10.9. The fraction of sp³-hybridized carbons (Fsp3) is 0.160. The number of nitrogens with two attached hydrogens (primary N) is 1. The van der Waals surface area contributed by atoms with Gasteiger partial charge in [0.05, 0.1) is 17.0 Å². The van der Waals surface area contributed by atoms with Crippen molar-refractivity contribution in [2.75, 3.05) is 6.61 Å². The highest BCUT2D eigenvalue weighted by molar-refractivity contribution is 9.10. The normalized spacial score (nSPS) is 14.8. The van der Waals surface area contributed by atoms with Crippen molar-refractivity contribution >= 4 is 15.9 Å². The van der Waals surface area contributed by atoms with Gasteiger partial charge in [0.15, 0.2) is 11.5 Å². The number of hydrogen-bond donors (Lipinski definition) is 2. The Balaban J connectivity index is 1.75. The molecule has 1 aliphatic rings. The van der Waals surface area contributed by atoms with E-state index in [2.05, 4.69) is 22.0 Å². The van der Waals surface area contributed by atoms with Crippen LogP contribution in [0.4, 0.5) is 4.39 Å². The van der Waals surface area contributed by atoms with Gasteiger partial charge in [0, 0.05) is 11.6 Å². The number of aromatic hydroxyl groups is 1. The highest BCUT2D eigenvalue weighted by Gasteiger charge is 2.32.